The third-order valence-corrected chi connectivity index (χ3v) is 4.79. The second-order valence-corrected chi connectivity index (χ2v) is 7.28. The molecule has 0 spiro atoms. The number of anilines is 2. The average Bonchev–Trinajstić information content (AvgIpc) is 2.85. The molecule has 36 heavy (non-hydrogen) atoms. The molecule has 0 radical (unpaired) electrons. The van der Waals surface area contributed by atoms with Crippen molar-refractivity contribution < 1.29 is 37.0 Å². The lowest BCUT2D eigenvalue weighted by Gasteiger charge is -2.15. The maximum absolute atomic E-state index is 13.1. The number of carbonyl (C=O) groups excluding carboxylic acids is 3. The van der Waals surface area contributed by atoms with E-state index in [0.717, 1.165) is 25.3 Å². The fourth-order valence-electron chi connectivity index (χ4n) is 3.00. The number of aromatic nitrogens is 1. The summed E-state index contributed by atoms with van der Waals surface area (Å²) >= 11 is 0. The van der Waals surface area contributed by atoms with E-state index in [1.807, 2.05) is 0 Å². The SMILES string of the molecule is CNC(=O)c1cc(Oc2ccc(NC(=O)Nc3cc(C(F)(F)F)ccc3CC(=O)OC)cc2)ccn1. The van der Waals surface area contributed by atoms with Gasteiger partial charge in [-0.25, -0.2) is 4.79 Å². The largest absolute Gasteiger partial charge is 0.469 e. The third kappa shape index (κ3) is 6.95. The molecular formula is C24H21F3N4O5. The number of urea groups is 1. The molecule has 0 aliphatic rings. The predicted molar refractivity (Wildman–Crippen MR) is 124 cm³/mol. The Morgan fingerprint density at radius 3 is 2.31 bits per heavy atom. The maximum Gasteiger partial charge on any atom is 0.416 e. The van der Waals surface area contributed by atoms with Gasteiger partial charge in [-0.1, -0.05) is 6.07 Å². The average molecular weight is 502 g/mol. The van der Waals surface area contributed by atoms with Crippen molar-refractivity contribution in [3.05, 3.63) is 77.6 Å². The van der Waals surface area contributed by atoms with Crippen LogP contribution in [0.25, 0.3) is 0 Å². The minimum absolute atomic E-state index is 0.155. The smallest absolute Gasteiger partial charge is 0.416 e. The molecule has 0 aliphatic heterocycles. The maximum atomic E-state index is 13.1. The minimum atomic E-state index is -4.64. The first-order chi connectivity index (χ1) is 17.1. The first kappa shape index (κ1) is 26.0. The van der Waals surface area contributed by atoms with Crippen LogP contribution in [-0.2, 0) is 22.1 Å². The van der Waals surface area contributed by atoms with Crippen LogP contribution in [-0.4, -0.2) is 37.0 Å². The van der Waals surface area contributed by atoms with E-state index in [4.69, 9.17) is 4.74 Å². The number of alkyl halides is 3. The van der Waals surface area contributed by atoms with Gasteiger partial charge in [0.2, 0.25) is 0 Å². The molecule has 3 amide bonds. The molecule has 188 valence electrons. The summed E-state index contributed by atoms with van der Waals surface area (Å²) in [7, 11) is 2.63. The van der Waals surface area contributed by atoms with Crippen LogP contribution < -0.4 is 20.7 Å². The van der Waals surface area contributed by atoms with Crippen molar-refractivity contribution in [2.45, 2.75) is 12.6 Å². The van der Waals surface area contributed by atoms with E-state index in [2.05, 4.69) is 25.7 Å². The molecule has 0 aliphatic carbocycles. The lowest BCUT2D eigenvalue weighted by molar-refractivity contribution is -0.139. The van der Waals surface area contributed by atoms with Crippen molar-refractivity contribution >= 4 is 29.3 Å². The molecule has 0 saturated carbocycles. The molecule has 3 N–H and O–H groups in total. The number of rotatable bonds is 7. The van der Waals surface area contributed by atoms with Gasteiger partial charge < -0.3 is 25.4 Å². The number of pyridine rings is 1. The van der Waals surface area contributed by atoms with Crippen molar-refractivity contribution in [1.29, 1.82) is 0 Å². The van der Waals surface area contributed by atoms with Crippen molar-refractivity contribution in [3.63, 3.8) is 0 Å². The van der Waals surface area contributed by atoms with Gasteiger partial charge in [0.25, 0.3) is 5.91 Å². The predicted octanol–water partition coefficient (Wildman–Crippen LogP) is 4.61. The Hall–Kier alpha value is -4.61. The number of esters is 1. The molecule has 0 fully saturated rings. The molecule has 12 heteroatoms. The number of ether oxygens (including phenoxy) is 2. The van der Waals surface area contributed by atoms with Crippen LogP contribution in [0.2, 0.25) is 0 Å². The zero-order valence-corrected chi connectivity index (χ0v) is 19.1. The van der Waals surface area contributed by atoms with Gasteiger partial charge in [0.1, 0.15) is 17.2 Å². The fraction of sp³-hybridized carbons (Fsp3) is 0.167. The second-order valence-electron chi connectivity index (χ2n) is 7.28. The summed E-state index contributed by atoms with van der Waals surface area (Å²) in [4.78, 5) is 39.7. The van der Waals surface area contributed by atoms with Gasteiger partial charge in [-0.05, 0) is 48.0 Å². The number of benzene rings is 2. The summed E-state index contributed by atoms with van der Waals surface area (Å²) in [5.41, 5.74) is -0.517. The summed E-state index contributed by atoms with van der Waals surface area (Å²) < 4.78 is 49.6. The highest BCUT2D eigenvalue weighted by atomic mass is 19.4. The Morgan fingerprint density at radius 2 is 1.67 bits per heavy atom. The number of nitrogens with one attached hydrogen (secondary N) is 3. The van der Waals surface area contributed by atoms with Gasteiger partial charge >= 0.3 is 18.2 Å². The van der Waals surface area contributed by atoms with E-state index in [1.165, 1.54) is 31.4 Å². The monoisotopic (exact) mass is 502 g/mol. The summed E-state index contributed by atoms with van der Waals surface area (Å²) in [6, 6.07) is 11.0. The van der Waals surface area contributed by atoms with Gasteiger partial charge in [-0.2, -0.15) is 13.2 Å². The molecular weight excluding hydrogens is 481 g/mol. The third-order valence-electron chi connectivity index (χ3n) is 4.79. The molecule has 0 unspecified atom stereocenters. The van der Waals surface area contributed by atoms with Crippen molar-refractivity contribution in [2.75, 3.05) is 24.8 Å². The Bertz CT molecular complexity index is 1260. The van der Waals surface area contributed by atoms with E-state index in [1.54, 1.807) is 18.2 Å². The van der Waals surface area contributed by atoms with Crippen LogP contribution in [0.4, 0.5) is 29.3 Å². The van der Waals surface area contributed by atoms with Gasteiger partial charge in [-0.3, -0.25) is 14.6 Å². The van der Waals surface area contributed by atoms with Gasteiger partial charge in [-0.15, -0.1) is 0 Å². The Morgan fingerprint density at radius 1 is 0.944 bits per heavy atom. The topological polar surface area (TPSA) is 119 Å². The molecule has 2 aromatic carbocycles. The van der Waals surface area contributed by atoms with Gasteiger partial charge in [0.05, 0.1) is 19.1 Å². The minimum Gasteiger partial charge on any atom is -0.469 e. The number of amides is 3. The Balaban J connectivity index is 1.70. The molecule has 3 aromatic rings. The summed E-state index contributed by atoms with van der Waals surface area (Å²) in [6.07, 6.45) is -3.54. The molecule has 1 aromatic heterocycles. The standard InChI is InChI=1S/C24H21F3N4O5/c1-28-22(33)20-13-18(9-10-29-20)36-17-7-5-16(6-8-17)30-23(34)31-19-12-15(24(25,26)27)4-3-14(19)11-21(32)35-2/h3-10,12-13H,11H2,1-2H3,(H,28,33)(H2,30,31,34). The lowest BCUT2D eigenvalue weighted by Crippen LogP contribution is -2.21. The Kier molecular flexibility index (Phi) is 8.10. The quantitative estimate of drug-likeness (QED) is 0.406. The van der Waals surface area contributed by atoms with Crippen LogP contribution in [0.15, 0.2) is 60.8 Å². The van der Waals surface area contributed by atoms with Crippen LogP contribution in [0.3, 0.4) is 0 Å². The van der Waals surface area contributed by atoms with E-state index in [9.17, 15) is 27.6 Å². The number of carbonyl (C=O) groups is 3. The van der Waals surface area contributed by atoms with Gasteiger partial charge in [0.15, 0.2) is 0 Å². The normalized spacial score (nSPS) is 10.8. The van der Waals surface area contributed by atoms with Gasteiger partial charge in [0, 0.05) is 30.7 Å². The van der Waals surface area contributed by atoms with Crippen LogP contribution in [0, 0.1) is 0 Å². The highest BCUT2D eigenvalue weighted by Gasteiger charge is 2.31. The van der Waals surface area contributed by atoms with E-state index in [-0.39, 0.29) is 29.3 Å². The highest BCUT2D eigenvalue weighted by Crippen LogP contribution is 2.32. The molecule has 9 nitrogen and oxygen atoms in total. The number of hydrogen-bond donors (Lipinski definition) is 3. The van der Waals surface area contributed by atoms with E-state index >= 15 is 0 Å². The second kappa shape index (κ2) is 11.2. The van der Waals surface area contributed by atoms with Crippen LogP contribution in [0.1, 0.15) is 21.6 Å². The first-order valence-electron chi connectivity index (χ1n) is 10.4. The summed E-state index contributed by atoms with van der Waals surface area (Å²) in [5, 5.41) is 7.30. The number of methoxy groups -OCH3 is 1. The summed E-state index contributed by atoms with van der Waals surface area (Å²) in [5.74, 6) is -0.287. The Labute approximate surface area is 203 Å². The molecule has 3 rings (SSSR count). The van der Waals surface area contributed by atoms with Crippen LogP contribution in [0.5, 0.6) is 11.5 Å². The van der Waals surface area contributed by atoms with E-state index in [0.29, 0.717) is 17.2 Å². The first-order valence-corrected chi connectivity index (χ1v) is 10.4. The number of hydrogen-bond acceptors (Lipinski definition) is 6. The molecule has 1 heterocycles. The lowest BCUT2D eigenvalue weighted by atomic mass is 10.1. The summed E-state index contributed by atoms with van der Waals surface area (Å²) in [6.45, 7) is 0. The zero-order valence-electron chi connectivity index (χ0n) is 19.1. The highest BCUT2D eigenvalue weighted by molar-refractivity contribution is 6.00. The fourth-order valence-corrected chi connectivity index (χ4v) is 3.00. The number of nitrogens with zero attached hydrogens (tertiary/aromatic N) is 1. The van der Waals surface area contributed by atoms with Crippen LogP contribution >= 0.6 is 0 Å². The molecule has 0 bridgehead atoms. The zero-order chi connectivity index (χ0) is 26.3. The van der Waals surface area contributed by atoms with Crippen molar-refractivity contribution in [1.82, 2.24) is 10.3 Å². The molecule has 0 atom stereocenters. The number of halogens is 3. The van der Waals surface area contributed by atoms with Crippen molar-refractivity contribution in [3.8, 4) is 11.5 Å². The molecule has 0 saturated heterocycles. The van der Waals surface area contributed by atoms with Crippen molar-refractivity contribution in [2.24, 2.45) is 0 Å². The van der Waals surface area contributed by atoms with E-state index < -0.39 is 23.7 Å².